The van der Waals surface area contributed by atoms with E-state index in [0.29, 0.717) is 30.9 Å². The second kappa shape index (κ2) is 17.7. The fourth-order valence-electron chi connectivity index (χ4n) is 7.94. The second-order valence-electron chi connectivity index (χ2n) is 14.0. The summed E-state index contributed by atoms with van der Waals surface area (Å²) in [6.07, 6.45) is 12.5. The molecule has 6 rings (SSSR count). The van der Waals surface area contributed by atoms with E-state index >= 15 is 0 Å². The van der Waals surface area contributed by atoms with Gasteiger partial charge in [0.1, 0.15) is 11.4 Å². The highest BCUT2D eigenvalue weighted by Crippen LogP contribution is 2.43. The average molecular weight is 715 g/mol. The molecule has 1 N–H and O–H groups in total. The number of amides is 1. The number of rotatable bonds is 17. The van der Waals surface area contributed by atoms with Gasteiger partial charge in [-0.3, -0.25) is 9.78 Å². The number of ether oxygens (including phenoxy) is 3. The SMILES string of the molecule is COc1cc2cc(C3(OC)C=CCCC3)nc(CCCC(CCCNC(=O)CCc3ccc(F)cc3)(c3ccccc3)c3ccccc3)c2cc1OC. The summed E-state index contributed by atoms with van der Waals surface area (Å²) in [6.45, 7) is 0.576. The Morgan fingerprint density at radius 3 is 2.11 bits per heavy atom. The van der Waals surface area contributed by atoms with E-state index in [-0.39, 0.29) is 17.1 Å². The van der Waals surface area contributed by atoms with Crippen molar-refractivity contribution in [1.82, 2.24) is 10.3 Å². The minimum atomic E-state index is -0.574. The van der Waals surface area contributed by atoms with Crippen LogP contribution in [-0.4, -0.2) is 38.8 Å². The Bertz CT molecular complexity index is 1940. The Balaban J connectivity index is 1.27. The van der Waals surface area contributed by atoms with Crippen molar-refractivity contribution in [3.63, 3.8) is 0 Å². The van der Waals surface area contributed by atoms with Gasteiger partial charge in [-0.1, -0.05) is 84.9 Å². The molecule has 7 heteroatoms. The second-order valence-corrected chi connectivity index (χ2v) is 14.0. The number of allylic oxidation sites excluding steroid dienone is 1. The summed E-state index contributed by atoms with van der Waals surface area (Å²) in [5.74, 6) is 1.10. The van der Waals surface area contributed by atoms with Gasteiger partial charge in [-0.25, -0.2) is 4.39 Å². The zero-order chi connectivity index (χ0) is 37.1. The summed E-state index contributed by atoms with van der Waals surface area (Å²) in [7, 11) is 5.11. The first-order chi connectivity index (χ1) is 25.9. The number of hydrogen-bond acceptors (Lipinski definition) is 5. The van der Waals surface area contributed by atoms with Gasteiger partial charge in [0.2, 0.25) is 5.91 Å². The van der Waals surface area contributed by atoms with Gasteiger partial charge in [0.25, 0.3) is 0 Å². The molecule has 0 spiro atoms. The molecule has 5 aromatic rings. The van der Waals surface area contributed by atoms with Crippen LogP contribution >= 0.6 is 0 Å². The molecule has 0 aliphatic heterocycles. The molecule has 1 heterocycles. The molecule has 1 aliphatic rings. The number of aryl methyl sites for hydroxylation is 2. The van der Waals surface area contributed by atoms with Crippen molar-refractivity contribution in [3.05, 3.63) is 149 Å². The van der Waals surface area contributed by atoms with Crippen LogP contribution in [0.4, 0.5) is 4.39 Å². The number of carbonyl (C=O) groups is 1. The van der Waals surface area contributed by atoms with Crippen molar-refractivity contribution in [1.29, 1.82) is 0 Å². The summed E-state index contributed by atoms with van der Waals surface area (Å²) < 4.78 is 31.0. The van der Waals surface area contributed by atoms with Gasteiger partial charge in [-0.15, -0.1) is 0 Å². The topological polar surface area (TPSA) is 69.7 Å². The van der Waals surface area contributed by atoms with Gasteiger partial charge < -0.3 is 19.5 Å². The van der Waals surface area contributed by atoms with Crippen LogP contribution in [0.3, 0.4) is 0 Å². The number of methoxy groups -OCH3 is 3. The lowest BCUT2D eigenvalue weighted by atomic mass is 9.68. The maximum absolute atomic E-state index is 13.3. The molecule has 1 unspecified atom stereocenters. The first kappa shape index (κ1) is 37.7. The Kier molecular flexibility index (Phi) is 12.6. The lowest BCUT2D eigenvalue weighted by Gasteiger charge is -2.36. The molecule has 0 fully saturated rings. The maximum Gasteiger partial charge on any atom is 0.220 e. The molecule has 0 radical (unpaired) electrons. The van der Waals surface area contributed by atoms with Crippen molar-refractivity contribution in [3.8, 4) is 11.5 Å². The summed E-state index contributed by atoms with van der Waals surface area (Å²) in [5.41, 5.74) is 4.54. The van der Waals surface area contributed by atoms with E-state index < -0.39 is 5.60 Å². The Morgan fingerprint density at radius 1 is 0.830 bits per heavy atom. The number of benzene rings is 4. The molecule has 0 saturated heterocycles. The number of carbonyl (C=O) groups excluding carboxylic acids is 1. The van der Waals surface area contributed by atoms with Gasteiger partial charge in [-0.05, 0) is 110 Å². The molecule has 276 valence electrons. The van der Waals surface area contributed by atoms with Crippen LogP contribution in [0.25, 0.3) is 10.8 Å². The van der Waals surface area contributed by atoms with Crippen molar-refractivity contribution in [2.75, 3.05) is 27.9 Å². The largest absolute Gasteiger partial charge is 0.493 e. The number of nitrogens with one attached hydrogen (secondary N) is 1. The summed E-state index contributed by atoms with van der Waals surface area (Å²) >= 11 is 0. The molecule has 1 aromatic heterocycles. The van der Waals surface area contributed by atoms with Crippen LogP contribution in [0.1, 0.15) is 79.4 Å². The molecule has 4 aromatic carbocycles. The van der Waals surface area contributed by atoms with Crippen molar-refractivity contribution in [2.45, 2.75) is 75.2 Å². The fraction of sp³-hybridized carbons (Fsp3) is 0.348. The smallest absolute Gasteiger partial charge is 0.220 e. The van der Waals surface area contributed by atoms with Gasteiger partial charge in [0, 0.05) is 36.6 Å². The normalized spacial score (nSPS) is 15.7. The first-order valence-corrected chi connectivity index (χ1v) is 18.8. The van der Waals surface area contributed by atoms with Crippen molar-refractivity contribution < 1.29 is 23.4 Å². The van der Waals surface area contributed by atoms with E-state index in [1.165, 1.54) is 23.3 Å². The maximum atomic E-state index is 13.3. The molecule has 1 amide bonds. The van der Waals surface area contributed by atoms with Crippen molar-refractivity contribution >= 4 is 16.7 Å². The van der Waals surface area contributed by atoms with E-state index in [4.69, 9.17) is 19.2 Å². The highest BCUT2D eigenvalue weighted by atomic mass is 19.1. The molecule has 0 saturated carbocycles. The number of nitrogens with zero attached hydrogens (tertiary/aromatic N) is 1. The minimum Gasteiger partial charge on any atom is -0.493 e. The molecule has 1 atom stereocenters. The number of halogens is 1. The molecule has 53 heavy (non-hydrogen) atoms. The van der Waals surface area contributed by atoms with Crippen molar-refractivity contribution in [2.24, 2.45) is 0 Å². The molecule has 0 bridgehead atoms. The lowest BCUT2D eigenvalue weighted by molar-refractivity contribution is -0.121. The third kappa shape index (κ3) is 8.80. The zero-order valence-corrected chi connectivity index (χ0v) is 31.2. The van der Waals surface area contributed by atoms with Gasteiger partial charge in [-0.2, -0.15) is 0 Å². The Morgan fingerprint density at radius 2 is 1.49 bits per heavy atom. The summed E-state index contributed by atoms with van der Waals surface area (Å²) in [5, 5.41) is 5.24. The number of pyridine rings is 1. The van der Waals surface area contributed by atoms with Crippen LogP contribution in [0.2, 0.25) is 0 Å². The Labute approximate surface area is 313 Å². The third-order valence-electron chi connectivity index (χ3n) is 10.8. The standard InChI is InChI=1S/C46H51FN2O4/c1-51-41-31-35-32-43(46(53-3)28-11-6-12-29-46)49-40(39(35)33-42(41)52-2)19-13-26-45(36-15-7-4-8-16-36,37-17-9-5-10-18-37)27-14-30-48-44(50)25-22-34-20-23-38(47)24-21-34/h4-5,7-11,15-18,20-21,23-24,28,31-33H,6,12-14,19,22,25-27,29-30H2,1-3H3,(H,48,50). The monoisotopic (exact) mass is 714 g/mol. The van der Waals surface area contributed by atoms with Gasteiger partial charge >= 0.3 is 0 Å². The highest BCUT2D eigenvalue weighted by Gasteiger charge is 2.35. The summed E-state index contributed by atoms with van der Waals surface area (Å²) in [6, 6.07) is 34.1. The Hall–Kier alpha value is -5.01. The summed E-state index contributed by atoms with van der Waals surface area (Å²) in [4.78, 5) is 18.2. The van der Waals surface area contributed by atoms with Gasteiger partial charge in [0.05, 0.1) is 19.9 Å². The molecule has 6 nitrogen and oxygen atoms in total. The predicted octanol–water partition coefficient (Wildman–Crippen LogP) is 9.81. The van der Waals surface area contributed by atoms with Crippen LogP contribution in [0.5, 0.6) is 11.5 Å². The van der Waals surface area contributed by atoms with E-state index in [1.54, 1.807) is 33.5 Å². The van der Waals surface area contributed by atoms with E-state index in [2.05, 4.69) is 90.3 Å². The van der Waals surface area contributed by atoms with E-state index in [0.717, 1.165) is 79.1 Å². The number of aromatic nitrogens is 1. The van der Waals surface area contributed by atoms with E-state index in [9.17, 15) is 9.18 Å². The number of hydrogen-bond donors (Lipinski definition) is 1. The zero-order valence-electron chi connectivity index (χ0n) is 31.2. The third-order valence-corrected chi connectivity index (χ3v) is 10.8. The molecular formula is C46H51FN2O4. The van der Waals surface area contributed by atoms with Crippen LogP contribution in [-0.2, 0) is 33.4 Å². The minimum absolute atomic E-state index is 0.00545. The number of fused-ring (bicyclic) bond motifs is 1. The lowest BCUT2D eigenvalue weighted by Crippen LogP contribution is -2.31. The fourth-order valence-corrected chi connectivity index (χ4v) is 7.94. The predicted molar refractivity (Wildman–Crippen MR) is 210 cm³/mol. The van der Waals surface area contributed by atoms with Crippen LogP contribution < -0.4 is 14.8 Å². The van der Waals surface area contributed by atoms with Crippen LogP contribution in [0.15, 0.2) is 115 Å². The van der Waals surface area contributed by atoms with E-state index in [1.807, 2.05) is 6.07 Å². The quantitative estimate of drug-likeness (QED) is 0.0768. The average Bonchev–Trinajstić information content (AvgIpc) is 3.21. The van der Waals surface area contributed by atoms with Crippen LogP contribution in [0, 0.1) is 5.82 Å². The molecule has 1 aliphatic carbocycles. The first-order valence-electron chi connectivity index (χ1n) is 18.8. The highest BCUT2D eigenvalue weighted by molar-refractivity contribution is 5.88. The molecular weight excluding hydrogens is 664 g/mol. The van der Waals surface area contributed by atoms with Gasteiger partial charge in [0.15, 0.2) is 11.5 Å².